The molecule has 0 unspecified atom stereocenters. The first-order valence-corrected chi connectivity index (χ1v) is 9.86. The molecule has 1 aliphatic rings. The Morgan fingerprint density at radius 3 is 2.68 bits per heavy atom. The van der Waals surface area contributed by atoms with Gasteiger partial charge in [0.05, 0.1) is 19.3 Å². The molecular formula is C23H27N3O2. The Labute approximate surface area is 165 Å². The van der Waals surface area contributed by atoms with Gasteiger partial charge in [0.1, 0.15) is 0 Å². The summed E-state index contributed by atoms with van der Waals surface area (Å²) in [5.41, 5.74) is 4.24. The Hall–Kier alpha value is -2.63. The minimum atomic E-state index is -0.211. The number of aromatic amines is 1. The van der Waals surface area contributed by atoms with Gasteiger partial charge in [0.25, 0.3) is 0 Å². The molecule has 0 saturated carbocycles. The zero-order valence-corrected chi connectivity index (χ0v) is 16.5. The lowest BCUT2D eigenvalue weighted by Gasteiger charge is -2.32. The summed E-state index contributed by atoms with van der Waals surface area (Å²) < 4.78 is 5.49. The van der Waals surface area contributed by atoms with E-state index in [0.29, 0.717) is 0 Å². The maximum atomic E-state index is 13.1. The SMILES string of the molecule is C[C@H](C(=O)c1c[nH]c2ccccc12)N(C)Cc1ccccc1N1CCOCC1. The molecule has 1 aliphatic heterocycles. The quantitative estimate of drug-likeness (QED) is 0.666. The Morgan fingerprint density at radius 1 is 1.14 bits per heavy atom. The largest absolute Gasteiger partial charge is 0.378 e. The van der Waals surface area contributed by atoms with Crippen LogP contribution in [0.15, 0.2) is 54.7 Å². The molecule has 0 amide bonds. The van der Waals surface area contributed by atoms with Crippen molar-refractivity contribution < 1.29 is 9.53 Å². The summed E-state index contributed by atoms with van der Waals surface area (Å²) in [5, 5.41) is 0.987. The number of carbonyl (C=O) groups is 1. The molecule has 146 valence electrons. The lowest BCUT2D eigenvalue weighted by atomic mass is 10.0. The highest BCUT2D eigenvalue weighted by Crippen LogP contribution is 2.25. The topological polar surface area (TPSA) is 48.6 Å². The summed E-state index contributed by atoms with van der Waals surface area (Å²) in [4.78, 5) is 20.9. The monoisotopic (exact) mass is 377 g/mol. The summed E-state index contributed by atoms with van der Waals surface area (Å²) in [7, 11) is 2.02. The van der Waals surface area contributed by atoms with Crippen LogP contribution in [0.3, 0.4) is 0 Å². The lowest BCUT2D eigenvalue weighted by Crippen LogP contribution is -2.38. The first-order chi connectivity index (χ1) is 13.6. The number of rotatable bonds is 6. The third kappa shape index (κ3) is 3.68. The molecule has 2 heterocycles. The Morgan fingerprint density at radius 2 is 1.86 bits per heavy atom. The number of para-hydroxylation sites is 2. The van der Waals surface area contributed by atoms with Gasteiger partial charge in [-0.1, -0.05) is 36.4 Å². The molecule has 2 aromatic carbocycles. The summed E-state index contributed by atoms with van der Waals surface area (Å²) in [5.74, 6) is 0.142. The number of nitrogens with zero attached hydrogens (tertiary/aromatic N) is 2. The predicted octanol–water partition coefficient (Wildman–Crippen LogP) is 3.71. The Kier molecular flexibility index (Phi) is 5.46. The second-order valence-electron chi connectivity index (χ2n) is 7.43. The summed E-state index contributed by atoms with van der Waals surface area (Å²) in [6.45, 7) is 6.05. The van der Waals surface area contributed by atoms with Gasteiger partial charge in [-0.3, -0.25) is 9.69 Å². The molecule has 1 atom stereocenters. The van der Waals surface area contributed by atoms with Crippen LogP contribution in [-0.4, -0.2) is 55.1 Å². The molecule has 1 N–H and O–H groups in total. The van der Waals surface area contributed by atoms with Crippen molar-refractivity contribution in [2.45, 2.75) is 19.5 Å². The van der Waals surface area contributed by atoms with Crippen molar-refractivity contribution in [2.75, 3.05) is 38.3 Å². The van der Waals surface area contributed by atoms with Gasteiger partial charge in [-0.15, -0.1) is 0 Å². The van der Waals surface area contributed by atoms with Crippen LogP contribution < -0.4 is 4.90 Å². The van der Waals surface area contributed by atoms with Crippen molar-refractivity contribution >= 4 is 22.4 Å². The number of likely N-dealkylation sites (N-methyl/N-ethyl adjacent to an activating group) is 1. The maximum Gasteiger partial charge on any atom is 0.181 e. The van der Waals surface area contributed by atoms with Crippen molar-refractivity contribution in [3.63, 3.8) is 0 Å². The number of morpholine rings is 1. The van der Waals surface area contributed by atoms with E-state index in [9.17, 15) is 4.79 Å². The highest BCUT2D eigenvalue weighted by molar-refractivity contribution is 6.10. The van der Waals surface area contributed by atoms with E-state index in [-0.39, 0.29) is 11.8 Å². The van der Waals surface area contributed by atoms with Gasteiger partial charge in [-0.05, 0) is 31.7 Å². The third-order valence-corrected chi connectivity index (χ3v) is 5.66. The highest BCUT2D eigenvalue weighted by Gasteiger charge is 2.23. The number of nitrogens with one attached hydrogen (secondary N) is 1. The van der Waals surface area contributed by atoms with Crippen molar-refractivity contribution in [3.8, 4) is 0 Å². The molecule has 0 aliphatic carbocycles. The fourth-order valence-electron chi connectivity index (χ4n) is 3.86. The normalized spacial score (nSPS) is 15.9. The van der Waals surface area contributed by atoms with Gasteiger partial charge in [-0.2, -0.15) is 0 Å². The van der Waals surface area contributed by atoms with Gasteiger partial charge < -0.3 is 14.6 Å². The maximum absolute atomic E-state index is 13.1. The van der Waals surface area contributed by atoms with Crippen LogP contribution in [0.25, 0.3) is 10.9 Å². The average molecular weight is 377 g/mol. The molecule has 5 nitrogen and oxygen atoms in total. The Bertz CT molecular complexity index is 959. The average Bonchev–Trinajstić information content (AvgIpc) is 3.18. The smallest absolute Gasteiger partial charge is 0.181 e. The zero-order valence-electron chi connectivity index (χ0n) is 16.5. The summed E-state index contributed by atoms with van der Waals surface area (Å²) in [6.07, 6.45) is 1.83. The van der Waals surface area contributed by atoms with E-state index in [1.54, 1.807) is 0 Å². The molecule has 1 saturated heterocycles. The number of hydrogen-bond acceptors (Lipinski definition) is 4. The molecule has 0 bridgehead atoms. The fourth-order valence-corrected chi connectivity index (χ4v) is 3.86. The molecule has 0 spiro atoms. The number of anilines is 1. The third-order valence-electron chi connectivity index (χ3n) is 5.66. The van der Waals surface area contributed by atoms with Gasteiger partial charge in [-0.25, -0.2) is 0 Å². The Balaban J connectivity index is 1.52. The first-order valence-electron chi connectivity index (χ1n) is 9.86. The van der Waals surface area contributed by atoms with Crippen molar-refractivity contribution in [1.82, 2.24) is 9.88 Å². The lowest BCUT2D eigenvalue weighted by molar-refractivity contribution is 0.0864. The first kappa shape index (κ1) is 18.7. The van der Waals surface area contributed by atoms with Crippen molar-refractivity contribution in [3.05, 3.63) is 65.9 Å². The van der Waals surface area contributed by atoms with Gasteiger partial charge in [0.15, 0.2) is 5.78 Å². The van der Waals surface area contributed by atoms with E-state index in [0.717, 1.165) is 49.3 Å². The fraction of sp³-hybridized carbons (Fsp3) is 0.348. The second-order valence-corrected chi connectivity index (χ2v) is 7.43. The number of aromatic nitrogens is 1. The molecule has 4 rings (SSSR count). The van der Waals surface area contributed by atoms with Crippen LogP contribution in [0.2, 0.25) is 0 Å². The highest BCUT2D eigenvalue weighted by atomic mass is 16.5. The molecule has 1 fully saturated rings. The van der Waals surface area contributed by atoms with Gasteiger partial charge >= 0.3 is 0 Å². The number of fused-ring (bicyclic) bond motifs is 1. The van der Waals surface area contributed by atoms with Crippen LogP contribution in [-0.2, 0) is 11.3 Å². The second kappa shape index (κ2) is 8.17. The van der Waals surface area contributed by atoms with Crippen LogP contribution in [0.5, 0.6) is 0 Å². The van der Waals surface area contributed by atoms with Crippen molar-refractivity contribution in [2.24, 2.45) is 0 Å². The van der Waals surface area contributed by atoms with E-state index in [1.165, 1.54) is 11.3 Å². The van der Waals surface area contributed by atoms with E-state index in [1.807, 2.05) is 44.4 Å². The molecule has 0 radical (unpaired) electrons. The number of carbonyl (C=O) groups excluding carboxylic acids is 1. The minimum Gasteiger partial charge on any atom is -0.378 e. The van der Waals surface area contributed by atoms with Crippen LogP contribution in [0.4, 0.5) is 5.69 Å². The number of H-pyrrole nitrogens is 1. The van der Waals surface area contributed by atoms with Gasteiger partial charge in [0, 0.05) is 48.0 Å². The molecule has 5 heteroatoms. The number of Topliss-reactive ketones (excluding diaryl/α,β-unsaturated/α-hetero) is 1. The molecule has 1 aromatic heterocycles. The molecular weight excluding hydrogens is 350 g/mol. The van der Waals surface area contributed by atoms with E-state index in [2.05, 4.69) is 39.0 Å². The molecule has 28 heavy (non-hydrogen) atoms. The predicted molar refractivity (Wildman–Crippen MR) is 113 cm³/mol. The van der Waals surface area contributed by atoms with Crippen molar-refractivity contribution in [1.29, 1.82) is 0 Å². The summed E-state index contributed by atoms with van der Waals surface area (Å²) in [6, 6.07) is 16.2. The number of hydrogen-bond donors (Lipinski definition) is 1. The minimum absolute atomic E-state index is 0.142. The molecule has 3 aromatic rings. The van der Waals surface area contributed by atoms with Crippen LogP contribution in [0.1, 0.15) is 22.8 Å². The number of ketones is 1. The van der Waals surface area contributed by atoms with Gasteiger partial charge in [0.2, 0.25) is 0 Å². The van der Waals surface area contributed by atoms with E-state index < -0.39 is 0 Å². The van der Waals surface area contributed by atoms with Crippen LogP contribution in [0, 0.1) is 0 Å². The standard InChI is InChI=1S/C23H27N3O2/c1-17(23(27)20-15-24-21-9-5-4-8-19(20)21)25(2)16-18-7-3-6-10-22(18)26-11-13-28-14-12-26/h3-10,15,17,24H,11-14,16H2,1-2H3/t17-/m1/s1. The number of ether oxygens (including phenoxy) is 1. The zero-order chi connectivity index (χ0) is 19.5. The number of benzene rings is 2. The van der Waals surface area contributed by atoms with E-state index in [4.69, 9.17) is 4.74 Å². The van der Waals surface area contributed by atoms with Crippen LogP contribution >= 0.6 is 0 Å². The van der Waals surface area contributed by atoms with E-state index >= 15 is 0 Å². The summed E-state index contributed by atoms with van der Waals surface area (Å²) >= 11 is 0.